The summed E-state index contributed by atoms with van der Waals surface area (Å²) >= 11 is 0. The van der Waals surface area contributed by atoms with Gasteiger partial charge >= 0.3 is 12.0 Å². The van der Waals surface area contributed by atoms with Gasteiger partial charge in [-0.05, 0) is 44.4 Å². The lowest BCUT2D eigenvalue weighted by molar-refractivity contribution is -0.137. The Kier molecular flexibility index (Phi) is 8.02. The van der Waals surface area contributed by atoms with Crippen LogP contribution in [0.2, 0.25) is 0 Å². The lowest BCUT2D eigenvalue weighted by Crippen LogP contribution is -2.37. The zero-order chi connectivity index (χ0) is 14.8. The van der Waals surface area contributed by atoms with E-state index in [1.165, 1.54) is 12.8 Å². The van der Waals surface area contributed by atoms with Crippen LogP contribution in [0.5, 0.6) is 0 Å². The van der Waals surface area contributed by atoms with Crippen LogP contribution in [0.15, 0.2) is 0 Å². The number of nitrogens with one attached hydrogen (secondary N) is 2. The van der Waals surface area contributed by atoms with Crippen LogP contribution < -0.4 is 10.6 Å². The monoisotopic (exact) mass is 286 g/mol. The predicted octanol–water partition coefficient (Wildman–Crippen LogP) is 1.75. The molecule has 0 heterocycles. The Hall–Kier alpha value is -1.30. The molecule has 0 atom stereocenters. The van der Waals surface area contributed by atoms with Gasteiger partial charge in [-0.25, -0.2) is 4.79 Å². The minimum Gasteiger partial charge on any atom is -0.481 e. The number of aliphatic carboxylic acids is 1. The van der Waals surface area contributed by atoms with Gasteiger partial charge in [0.2, 0.25) is 0 Å². The summed E-state index contributed by atoms with van der Waals surface area (Å²) < 4.78 is 5.33. The number of carbonyl (C=O) groups is 2. The molecule has 1 aliphatic carbocycles. The molecule has 1 saturated carbocycles. The molecule has 0 aromatic carbocycles. The number of hydrogen-bond acceptors (Lipinski definition) is 3. The highest BCUT2D eigenvalue weighted by atomic mass is 16.5. The largest absolute Gasteiger partial charge is 0.481 e. The average Bonchev–Trinajstić information content (AvgIpc) is 2.44. The maximum Gasteiger partial charge on any atom is 0.314 e. The lowest BCUT2D eigenvalue weighted by atomic mass is 9.85. The minimum atomic E-state index is -0.834. The van der Waals surface area contributed by atoms with Crippen molar-refractivity contribution in [3.05, 3.63) is 0 Å². The summed E-state index contributed by atoms with van der Waals surface area (Å²) in [5.41, 5.74) is 0. The van der Waals surface area contributed by atoms with Crippen LogP contribution in [-0.2, 0) is 9.53 Å². The smallest absolute Gasteiger partial charge is 0.314 e. The fourth-order valence-electron chi connectivity index (χ4n) is 2.55. The summed E-state index contributed by atoms with van der Waals surface area (Å²) in [7, 11) is 1.77. The molecule has 0 aliphatic heterocycles. The Morgan fingerprint density at radius 1 is 1.15 bits per heavy atom. The van der Waals surface area contributed by atoms with Crippen LogP contribution in [0.1, 0.15) is 44.9 Å². The second kappa shape index (κ2) is 9.58. The minimum absolute atomic E-state index is 0.0863. The molecule has 116 valence electrons. The quantitative estimate of drug-likeness (QED) is 0.593. The van der Waals surface area contributed by atoms with Crippen molar-refractivity contribution in [3.8, 4) is 0 Å². The molecule has 0 unspecified atom stereocenters. The molecule has 0 saturated heterocycles. The van der Waals surface area contributed by atoms with Crippen molar-refractivity contribution in [3.63, 3.8) is 0 Å². The van der Waals surface area contributed by atoms with Gasteiger partial charge in [0.05, 0.1) is 6.10 Å². The molecular formula is C14H26N2O4. The number of carboxylic acid groups (broad SMARTS) is 1. The fourth-order valence-corrected chi connectivity index (χ4v) is 2.55. The summed E-state index contributed by atoms with van der Waals surface area (Å²) in [6.07, 6.45) is 6.52. The number of rotatable bonds is 8. The molecule has 0 radical (unpaired) electrons. The van der Waals surface area contributed by atoms with Crippen molar-refractivity contribution in [1.82, 2.24) is 10.6 Å². The van der Waals surface area contributed by atoms with Gasteiger partial charge in [0.25, 0.3) is 0 Å². The third-order valence-corrected chi connectivity index (χ3v) is 3.82. The van der Waals surface area contributed by atoms with Crippen LogP contribution in [-0.4, -0.2) is 43.4 Å². The first-order valence-electron chi connectivity index (χ1n) is 7.38. The zero-order valence-electron chi connectivity index (χ0n) is 12.2. The maximum absolute atomic E-state index is 11.4. The summed E-state index contributed by atoms with van der Waals surface area (Å²) in [5.74, 6) is -0.160. The summed E-state index contributed by atoms with van der Waals surface area (Å²) in [5, 5.41) is 13.9. The third-order valence-electron chi connectivity index (χ3n) is 3.82. The summed E-state index contributed by atoms with van der Waals surface area (Å²) in [4.78, 5) is 21.7. The molecule has 1 rings (SSSR count). The number of urea groups is 1. The molecule has 0 spiro atoms. The van der Waals surface area contributed by atoms with E-state index < -0.39 is 5.97 Å². The van der Waals surface area contributed by atoms with Crippen LogP contribution >= 0.6 is 0 Å². The van der Waals surface area contributed by atoms with Crippen LogP contribution in [0.3, 0.4) is 0 Å². The van der Waals surface area contributed by atoms with E-state index in [-0.39, 0.29) is 12.5 Å². The Morgan fingerprint density at radius 2 is 1.80 bits per heavy atom. The molecule has 20 heavy (non-hydrogen) atoms. The molecule has 2 amide bonds. The highest BCUT2D eigenvalue weighted by molar-refractivity contribution is 5.73. The molecule has 1 aliphatic rings. The van der Waals surface area contributed by atoms with E-state index in [0.29, 0.717) is 31.5 Å². The highest BCUT2D eigenvalue weighted by Crippen LogP contribution is 2.27. The number of hydrogen-bond donors (Lipinski definition) is 3. The number of carboxylic acids is 1. The first-order chi connectivity index (χ1) is 9.61. The van der Waals surface area contributed by atoms with E-state index in [2.05, 4.69) is 10.6 Å². The molecule has 3 N–H and O–H groups in total. The molecule has 6 heteroatoms. The summed E-state index contributed by atoms with van der Waals surface area (Å²) in [6.45, 7) is 1.07. The zero-order valence-corrected chi connectivity index (χ0v) is 12.2. The van der Waals surface area contributed by atoms with Gasteiger partial charge in [0.1, 0.15) is 0 Å². The molecular weight excluding hydrogens is 260 g/mol. The van der Waals surface area contributed by atoms with E-state index in [4.69, 9.17) is 9.84 Å². The third kappa shape index (κ3) is 7.33. The van der Waals surface area contributed by atoms with Crippen molar-refractivity contribution in [2.24, 2.45) is 5.92 Å². The summed E-state index contributed by atoms with van der Waals surface area (Å²) in [6, 6.07) is -0.207. The molecule has 0 aromatic heterocycles. The van der Waals surface area contributed by atoms with Crippen molar-refractivity contribution in [1.29, 1.82) is 0 Å². The first kappa shape index (κ1) is 16.8. The Balaban J connectivity index is 1.98. The fraction of sp³-hybridized carbons (Fsp3) is 0.857. The Bertz CT molecular complexity index is 302. The number of amides is 2. The van der Waals surface area contributed by atoms with Gasteiger partial charge in [-0.1, -0.05) is 0 Å². The normalized spacial score (nSPS) is 22.2. The molecule has 6 nitrogen and oxygen atoms in total. The SMILES string of the molecule is COC1CCC(CCNC(=O)NCCCC(=O)O)CC1. The van der Waals surface area contributed by atoms with E-state index in [1.807, 2.05) is 0 Å². The van der Waals surface area contributed by atoms with Gasteiger partial charge in [0, 0.05) is 26.6 Å². The predicted molar refractivity (Wildman–Crippen MR) is 75.6 cm³/mol. The van der Waals surface area contributed by atoms with Crippen molar-refractivity contribution < 1.29 is 19.4 Å². The lowest BCUT2D eigenvalue weighted by Gasteiger charge is -2.27. The Labute approximate surface area is 120 Å². The van der Waals surface area contributed by atoms with Gasteiger partial charge in [-0.15, -0.1) is 0 Å². The highest BCUT2D eigenvalue weighted by Gasteiger charge is 2.20. The van der Waals surface area contributed by atoms with Crippen LogP contribution in [0.25, 0.3) is 0 Å². The van der Waals surface area contributed by atoms with Gasteiger partial charge in [-0.3, -0.25) is 4.79 Å². The number of methoxy groups -OCH3 is 1. The van der Waals surface area contributed by atoms with E-state index in [9.17, 15) is 9.59 Å². The van der Waals surface area contributed by atoms with Crippen molar-refractivity contribution in [2.45, 2.75) is 51.0 Å². The number of carbonyl (C=O) groups excluding carboxylic acids is 1. The van der Waals surface area contributed by atoms with Gasteiger partial charge < -0.3 is 20.5 Å². The number of ether oxygens (including phenoxy) is 1. The van der Waals surface area contributed by atoms with E-state index in [0.717, 1.165) is 19.3 Å². The van der Waals surface area contributed by atoms with Crippen molar-refractivity contribution >= 4 is 12.0 Å². The van der Waals surface area contributed by atoms with Crippen LogP contribution in [0.4, 0.5) is 4.79 Å². The van der Waals surface area contributed by atoms with Gasteiger partial charge in [-0.2, -0.15) is 0 Å². The van der Waals surface area contributed by atoms with E-state index in [1.54, 1.807) is 7.11 Å². The topological polar surface area (TPSA) is 87.7 Å². The standard InChI is InChI=1S/C14H26N2O4/c1-20-12-6-4-11(5-7-12)8-10-16-14(19)15-9-2-3-13(17)18/h11-12H,2-10H2,1H3,(H,17,18)(H2,15,16,19). The maximum atomic E-state index is 11.4. The van der Waals surface area contributed by atoms with E-state index >= 15 is 0 Å². The average molecular weight is 286 g/mol. The molecule has 0 aromatic rings. The van der Waals surface area contributed by atoms with Gasteiger partial charge in [0.15, 0.2) is 0 Å². The molecule has 0 bridgehead atoms. The Morgan fingerprint density at radius 3 is 2.40 bits per heavy atom. The molecule has 1 fully saturated rings. The second-order valence-corrected chi connectivity index (χ2v) is 5.35. The first-order valence-corrected chi connectivity index (χ1v) is 7.38. The van der Waals surface area contributed by atoms with Crippen LogP contribution in [0, 0.1) is 5.92 Å². The second-order valence-electron chi connectivity index (χ2n) is 5.35. The van der Waals surface area contributed by atoms with Crippen molar-refractivity contribution in [2.75, 3.05) is 20.2 Å².